The van der Waals surface area contributed by atoms with Gasteiger partial charge in [-0.1, -0.05) is 27.7 Å². The van der Waals surface area contributed by atoms with Crippen molar-refractivity contribution in [3.63, 3.8) is 0 Å². The third-order valence-corrected chi connectivity index (χ3v) is 4.70. The van der Waals surface area contributed by atoms with Crippen LogP contribution in [0, 0.1) is 5.92 Å². The number of rotatable bonds is 7. The maximum absolute atomic E-state index is 5.74. The number of piperazine rings is 1. The summed E-state index contributed by atoms with van der Waals surface area (Å²) >= 11 is 0. The predicted octanol–water partition coefficient (Wildman–Crippen LogP) is 2.90. The second-order valence-corrected chi connectivity index (χ2v) is 6.50. The topological polar surface area (TPSA) is 24.5 Å². The van der Waals surface area contributed by atoms with Crippen LogP contribution in [0.25, 0.3) is 0 Å². The Balaban J connectivity index is 2.81. The first kappa shape index (κ1) is 16.9. The third kappa shape index (κ3) is 4.44. The van der Waals surface area contributed by atoms with Gasteiger partial charge < -0.3 is 10.1 Å². The quantitative estimate of drug-likeness (QED) is 0.770. The van der Waals surface area contributed by atoms with Crippen molar-refractivity contribution in [3.05, 3.63) is 0 Å². The Kier molecular flexibility index (Phi) is 6.78. The van der Waals surface area contributed by atoms with Crippen molar-refractivity contribution < 1.29 is 4.74 Å². The fraction of sp³-hybridized carbons (Fsp3) is 1.00. The van der Waals surface area contributed by atoms with E-state index in [0.717, 1.165) is 26.3 Å². The molecule has 3 heteroatoms. The molecule has 1 heterocycles. The highest BCUT2D eigenvalue weighted by atomic mass is 16.5. The molecule has 0 spiro atoms. The zero-order valence-corrected chi connectivity index (χ0v) is 13.8. The van der Waals surface area contributed by atoms with Gasteiger partial charge >= 0.3 is 0 Å². The average Bonchev–Trinajstić information content (AvgIpc) is 2.39. The summed E-state index contributed by atoms with van der Waals surface area (Å²) < 4.78 is 5.74. The Morgan fingerprint density at radius 3 is 2.47 bits per heavy atom. The Morgan fingerprint density at radius 1 is 1.32 bits per heavy atom. The molecular weight excluding hydrogens is 236 g/mol. The highest BCUT2D eigenvalue weighted by Gasteiger charge is 2.38. The van der Waals surface area contributed by atoms with Gasteiger partial charge in [0.05, 0.1) is 6.61 Å². The molecule has 0 saturated carbocycles. The molecule has 3 nitrogen and oxygen atoms in total. The van der Waals surface area contributed by atoms with Gasteiger partial charge in [0.1, 0.15) is 0 Å². The van der Waals surface area contributed by atoms with Gasteiger partial charge in [0.15, 0.2) is 0 Å². The van der Waals surface area contributed by atoms with Gasteiger partial charge in [0.25, 0.3) is 0 Å². The summed E-state index contributed by atoms with van der Waals surface area (Å²) in [6, 6.07) is 1.19. The van der Waals surface area contributed by atoms with Crippen LogP contribution >= 0.6 is 0 Å². The predicted molar refractivity (Wildman–Crippen MR) is 82.6 cm³/mol. The van der Waals surface area contributed by atoms with Crippen LogP contribution in [0.15, 0.2) is 0 Å². The van der Waals surface area contributed by atoms with Crippen molar-refractivity contribution in [1.82, 2.24) is 10.2 Å². The summed E-state index contributed by atoms with van der Waals surface area (Å²) in [5, 5.41) is 3.74. The molecule has 0 aromatic carbocycles. The second-order valence-electron chi connectivity index (χ2n) is 6.50. The molecule has 1 saturated heterocycles. The molecule has 1 aliphatic rings. The fourth-order valence-corrected chi connectivity index (χ4v) is 2.98. The first-order valence-corrected chi connectivity index (χ1v) is 8.05. The van der Waals surface area contributed by atoms with Crippen LogP contribution in [-0.2, 0) is 4.74 Å². The van der Waals surface area contributed by atoms with Crippen LogP contribution < -0.4 is 5.32 Å². The molecule has 1 N–H and O–H groups in total. The van der Waals surface area contributed by atoms with Crippen molar-refractivity contribution in [2.45, 2.75) is 72.0 Å². The van der Waals surface area contributed by atoms with Gasteiger partial charge in [-0.25, -0.2) is 0 Å². The molecule has 0 amide bonds. The van der Waals surface area contributed by atoms with Gasteiger partial charge in [-0.05, 0) is 32.6 Å². The minimum absolute atomic E-state index is 0.255. The van der Waals surface area contributed by atoms with E-state index in [2.05, 4.69) is 51.8 Å². The summed E-state index contributed by atoms with van der Waals surface area (Å²) in [6.45, 7) is 17.6. The van der Waals surface area contributed by atoms with Gasteiger partial charge in [-0.3, -0.25) is 4.90 Å². The van der Waals surface area contributed by atoms with Gasteiger partial charge in [-0.15, -0.1) is 0 Å². The van der Waals surface area contributed by atoms with Gasteiger partial charge in [-0.2, -0.15) is 0 Å². The fourth-order valence-electron chi connectivity index (χ4n) is 2.98. The summed E-state index contributed by atoms with van der Waals surface area (Å²) in [6.07, 6.45) is 2.39. The van der Waals surface area contributed by atoms with Crippen molar-refractivity contribution >= 4 is 0 Å². The first-order valence-electron chi connectivity index (χ1n) is 8.05. The number of hydrogen-bond donors (Lipinski definition) is 1. The van der Waals surface area contributed by atoms with Crippen LogP contribution in [0.4, 0.5) is 0 Å². The smallest absolute Gasteiger partial charge is 0.0624 e. The van der Waals surface area contributed by atoms with E-state index in [1.807, 2.05) is 0 Å². The van der Waals surface area contributed by atoms with E-state index >= 15 is 0 Å². The molecule has 0 aromatic heterocycles. The zero-order valence-electron chi connectivity index (χ0n) is 13.8. The molecule has 19 heavy (non-hydrogen) atoms. The monoisotopic (exact) mass is 270 g/mol. The van der Waals surface area contributed by atoms with Crippen LogP contribution in [0.3, 0.4) is 0 Å². The van der Waals surface area contributed by atoms with E-state index in [-0.39, 0.29) is 5.54 Å². The molecule has 1 rings (SSSR count). The highest BCUT2D eigenvalue weighted by Crippen LogP contribution is 2.25. The Labute approximate surface area is 120 Å². The lowest BCUT2D eigenvalue weighted by molar-refractivity contribution is -0.0167. The Bertz CT molecular complexity index is 257. The molecule has 0 aliphatic carbocycles. The van der Waals surface area contributed by atoms with Crippen molar-refractivity contribution in [3.8, 4) is 0 Å². The highest BCUT2D eigenvalue weighted by molar-refractivity contribution is 4.97. The largest absolute Gasteiger partial charge is 0.380 e. The van der Waals surface area contributed by atoms with E-state index in [9.17, 15) is 0 Å². The minimum Gasteiger partial charge on any atom is -0.380 e. The van der Waals surface area contributed by atoms with Crippen LogP contribution in [0.2, 0.25) is 0 Å². The zero-order chi connectivity index (χ0) is 14.5. The maximum Gasteiger partial charge on any atom is 0.0624 e. The molecule has 3 atom stereocenters. The lowest BCUT2D eigenvalue weighted by Crippen LogP contribution is -2.66. The number of nitrogens with zero attached hydrogens (tertiary/aromatic N) is 1. The lowest BCUT2D eigenvalue weighted by Gasteiger charge is -2.50. The van der Waals surface area contributed by atoms with Crippen molar-refractivity contribution in [2.75, 3.05) is 26.3 Å². The molecule has 3 unspecified atom stereocenters. The average molecular weight is 270 g/mol. The van der Waals surface area contributed by atoms with E-state index in [1.54, 1.807) is 0 Å². The Hall–Kier alpha value is -0.120. The van der Waals surface area contributed by atoms with Crippen molar-refractivity contribution in [1.29, 1.82) is 0 Å². The summed E-state index contributed by atoms with van der Waals surface area (Å²) in [5.74, 6) is 0.639. The van der Waals surface area contributed by atoms with Crippen LogP contribution in [-0.4, -0.2) is 48.8 Å². The summed E-state index contributed by atoms with van der Waals surface area (Å²) in [5.41, 5.74) is 0.255. The molecule has 0 aromatic rings. The van der Waals surface area contributed by atoms with Crippen LogP contribution in [0.1, 0.15) is 54.4 Å². The first-order chi connectivity index (χ1) is 8.97. The van der Waals surface area contributed by atoms with Crippen molar-refractivity contribution in [2.24, 2.45) is 5.92 Å². The van der Waals surface area contributed by atoms with E-state index in [1.165, 1.54) is 12.8 Å². The molecule has 0 bridgehead atoms. The molecule has 1 fully saturated rings. The number of ether oxygens (including phenoxy) is 1. The lowest BCUT2D eigenvalue weighted by atomic mass is 9.89. The summed E-state index contributed by atoms with van der Waals surface area (Å²) in [7, 11) is 0. The number of nitrogens with one attached hydrogen (secondary N) is 1. The van der Waals surface area contributed by atoms with E-state index < -0.39 is 0 Å². The molecule has 1 aliphatic heterocycles. The van der Waals surface area contributed by atoms with E-state index in [4.69, 9.17) is 4.74 Å². The molecular formula is C16H34N2O. The van der Waals surface area contributed by atoms with Gasteiger partial charge in [0.2, 0.25) is 0 Å². The molecule has 0 radical (unpaired) electrons. The third-order valence-electron chi connectivity index (χ3n) is 4.70. The second kappa shape index (κ2) is 7.61. The minimum atomic E-state index is 0.255. The standard InChI is InChI=1S/C16H34N2O/c1-7-14-10-17-16(6,8-2)12-18(14)15(13(4)5)11-19-9-3/h13-15,17H,7-12H2,1-6H3. The van der Waals surface area contributed by atoms with Crippen LogP contribution in [0.5, 0.6) is 0 Å². The summed E-state index contributed by atoms with van der Waals surface area (Å²) in [4.78, 5) is 2.71. The molecule has 114 valence electrons. The van der Waals surface area contributed by atoms with Gasteiger partial charge in [0, 0.05) is 37.3 Å². The SMILES string of the molecule is CCOCC(C(C)C)N1CC(C)(CC)NCC1CC. The Morgan fingerprint density at radius 2 is 2.00 bits per heavy atom. The number of hydrogen-bond acceptors (Lipinski definition) is 3. The van der Waals surface area contributed by atoms with E-state index in [0.29, 0.717) is 18.0 Å². The normalized spacial score (nSPS) is 30.8. The maximum atomic E-state index is 5.74.